The number of imidazole rings is 1. The van der Waals surface area contributed by atoms with E-state index in [0.29, 0.717) is 18.3 Å². The summed E-state index contributed by atoms with van der Waals surface area (Å²) < 4.78 is 1.70. The molecule has 1 aromatic rings. The second-order valence-electron chi connectivity index (χ2n) is 4.01. The van der Waals surface area contributed by atoms with Crippen LogP contribution >= 0.6 is 0 Å². The molecule has 2 rings (SSSR count). The molecule has 1 aliphatic rings. The van der Waals surface area contributed by atoms with Crippen LogP contribution in [0.25, 0.3) is 0 Å². The summed E-state index contributed by atoms with van der Waals surface area (Å²) in [4.78, 5) is 15.8. The number of nitrogens with two attached hydrogens (primary N) is 1. The normalized spacial score (nSPS) is 17.5. The highest BCUT2D eigenvalue weighted by molar-refractivity contribution is 5.91. The number of nitrogens with zero attached hydrogens (tertiary/aromatic N) is 2. The van der Waals surface area contributed by atoms with E-state index in [4.69, 9.17) is 5.73 Å². The standard InChI is InChI=1S/C10H16N4O/c1-14-5-4-12-9(14)10(15)13-8(6-11)7-2-3-7/h4-5,7-8H,2-3,6,11H2,1H3,(H,13,15). The third-order valence-electron chi connectivity index (χ3n) is 2.79. The van der Waals surface area contributed by atoms with E-state index in [1.807, 2.05) is 0 Å². The quantitative estimate of drug-likeness (QED) is 0.725. The van der Waals surface area contributed by atoms with E-state index in [1.54, 1.807) is 24.0 Å². The van der Waals surface area contributed by atoms with Crippen LogP contribution in [0.1, 0.15) is 23.5 Å². The van der Waals surface area contributed by atoms with Crippen molar-refractivity contribution in [1.29, 1.82) is 0 Å². The molecule has 0 saturated heterocycles. The minimum absolute atomic E-state index is 0.106. The number of aryl methyl sites for hydroxylation is 1. The van der Waals surface area contributed by atoms with Gasteiger partial charge in [-0.05, 0) is 18.8 Å². The zero-order valence-electron chi connectivity index (χ0n) is 8.81. The summed E-state index contributed by atoms with van der Waals surface area (Å²) >= 11 is 0. The molecule has 0 bridgehead atoms. The molecular weight excluding hydrogens is 192 g/mol. The van der Waals surface area contributed by atoms with Crippen LogP contribution in [0.5, 0.6) is 0 Å². The van der Waals surface area contributed by atoms with Crippen LogP contribution in [0.4, 0.5) is 0 Å². The molecule has 1 aliphatic carbocycles. The van der Waals surface area contributed by atoms with Crippen LogP contribution in [0, 0.1) is 5.92 Å². The Morgan fingerprint density at radius 2 is 2.53 bits per heavy atom. The summed E-state index contributed by atoms with van der Waals surface area (Å²) in [5.41, 5.74) is 5.61. The summed E-state index contributed by atoms with van der Waals surface area (Å²) in [7, 11) is 1.80. The Bertz CT molecular complexity index is 356. The van der Waals surface area contributed by atoms with Crippen molar-refractivity contribution in [2.45, 2.75) is 18.9 Å². The van der Waals surface area contributed by atoms with Crippen molar-refractivity contribution in [2.75, 3.05) is 6.54 Å². The number of hydrogen-bond donors (Lipinski definition) is 2. The molecule has 1 heterocycles. The Balaban J connectivity index is 1.99. The summed E-state index contributed by atoms with van der Waals surface area (Å²) in [5, 5.41) is 2.92. The maximum atomic E-state index is 11.8. The van der Waals surface area contributed by atoms with Gasteiger partial charge in [0.2, 0.25) is 0 Å². The van der Waals surface area contributed by atoms with Crippen LogP contribution in [-0.4, -0.2) is 28.0 Å². The molecule has 1 fully saturated rings. The minimum atomic E-state index is -0.134. The molecule has 3 N–H and O–H groups in total. The molecule has 0 spiro atoms. The molecule has 1 atom stereocenters. The van der Waals surface area contributed by atoms with Gasteiger partial charge < -0.3 is 15.6 Å². The van der Waals surface area contributed by atoms with Crippen molar-refractivity contribution in [2.24, 2.45) is 18.7 Å². The van der Waals surface area contributed by atoms with E-state index in [0.717, 1.165) is 0 Å². The molecule has 1 saturated carbocycles. The lowest BCUT2D eigenvalue weighted by molar-refractivity contribution is 0.0920. The number of rotatable bonds is 4. The van der Waals surface area contributed by atoms with Crippen molar-refractivity contribution in [3.05, 3.63) is 18.2 Å². The molecule has 0 aromatic carbocycles. The molecule has 0 aliphatic heterocycles. The van der Waals surface area contributed by atoms with Crippen LogP contribution < -0.4 is 11.1 Å². The van der Waals surface area contributed by atoms with Gasteiger partial charge in [-0.1, -0.05) is 0 Å². The summed E-state index contributed by atoms with van der Waals surface area (Å²) in [6.45, 7) is 0.501. The van der Waals surface area contributed by atoms with Crippen LogP contribution in [0.15, 0.2) is 12.4 Å². The highest BCUT2D eigenvalue weighted by Gasteiger charge is 2.31. The van der Waals surface area contributed by atoms with E-state index in [2.05, 4.69) is 10.3 Å². The van der Waals surface area contributed by atoms with Crippen molar-refractivity contribution in [1.82, 2.24) is 14.9 Å². The highest BCUT2D eigenvalue weighted by atomic mass is 16.2. The summed E-state index contributed by atoms with van der Waals surface area (Å²) in [6.07, 6.45) is 5.71. The van der Waals surface area contributed by atoms with E-state index >= 15 is 0 Å². The third-order valence-corrected chi connectivity index (χ3v) is 2.79. The minimum Gasteiger partial charge on any atom is -0.345 e. The van der Waals surface area contributed by atoms with Crippen LogP contribution in [0.3, 0.4) is 0 Å². The average Bonchev–Trinajstić information content (AvgIpc) is 2.97. The topological polar surface area (TPSA) is 72.9 Å². The van der Waals surface area contributed by atoms with Gasteiger partial charge in [0.25, 0.3) is 5.91 Å². The fourth-order valence-electron chi connectivity index (χ4n) is 1.69. The van der Waals surface area contributed by atoms with Gasteiger partial charge >= 0.3 is 0 Å². The average molecular weight is 208 g/mol. The first-order chi connectivity index (χ1) is 7.22. The molecule has 0 radical (unpaired) electrons. The predicted molar refractivity (Wildman–Crippen MR) is 56.2 cm³/mol. The Labute approximate surface area is 88.7 Å². The number of nitrogens with one attached hydrogen (secondary N) is 1. The first kappa shape index (κ1) is 10.2. The smallest absolute Gasteiger partial charge is 0.287 e. The van der Waals surface area contributed by atoms with Gasteiger partial charge in [0, 0.05) is 32.0 Å². The van der Waals surface area contributed by atoms with Gasteiger partial charge in [0.15, 0.2) is 5.82 Å². The van der Waals surface area contributed by atoms with E-state index in [1.165, 1.54) is 12.8 Å². The van der Waals surface area contributed by atoms with E-state index < -0.39 is 0 Å². The predicted octanol–water partition coefficient (Wildman–Crippen LogP) is -0.113. The van der Waals surface area contributed by atoms with Gasteiger partial charge in [-0.3, -0.25) is 4.79 Å². The van der Waals surface area contributed by atoms with Gasteiger partial charge in [-0.25, -0.2) is 4.98 Å². The van der Waals surface area contributed by atoms with E-state index in [-0.39, 0.29) is 11.9 Å². The molecule has 1 aromatic heterocycles. The molecule has 5 nitrogen and oxygen atoms in total. The SMILES string of the molecule is Cn1ccnc1C(=O)NC(CN)C1CC1. The number of carbonyl (C=O) groups is 1. The number of aromatic nitrogens is 2. The molecule has 82 valence electrons. The fourth-order valence-corrected chi connectivity index (χ4v) is 1.69. The highest BCUT2D eigenvalue weighted by Crippen LogP contribution is 2.32. The molecule has 5 heteroatoms. The van der Waals surface area contributed by atoms with Crippen molar-refractivity contribution in [3.8, 4) is 0 Å². The van der Waals surface area contributed by atoms with Crippen LogP contribution in [0.2, 0.25) is 0 Å². The fraction of sp³-hybridized carbons (Fsp3) is 0.600. The Hall–Kier alpha value is -1.36. The van der Waals surface area contributed by atoms with Gasteiger partial charge in [-0.15, -0.1) is 0 Å². The summed E-state index contributed by atoms with van der Waals surface area (Å²) in [5.74, 6) is 0.873. The number of hydrogen-bond acceptors (Lipinski definition) is 3. The second-order valence-corrected chi connectivity index (χ2v) is 4.01. The van der Waals surface area contributed by atoms with Gasteiger partial charge in [0.1, 0.15) is 0 Å². The third kappa shape index (κ3) is 2.18. The zero-order valence-corrected chi connectivity index (χ0v) is 8.81. The summed E-state index contributed by atoms with van der Waals surface area (Å²) in [6, 6.07) is 0.106. The zero-order chi connectivity index (χ0) is 10.8. The molecule has 15 heavy (non-hydrogen) atoms. The Morgan fingerprint density at radius 3 is 3.00 bits per heavy atom. The lowest BCUT2D eigenvalue weighted by atomic mass is 10.2. The van der Waals surface area contributed by atoms with Gasteiger partial charge in [0.05, 0.1) is 0 Å². The molecular formula is C10H16N4O. The molecule has 1 amide bonds. The van der Waals surface area contributed by atoms with E-state index in [9.17, 15) is 4.79 Å². The number of carbonyl (C=O) groups excluding carboxylic acids is 1. The van der Waals surface area contributed by atoms with Crippen molar-refractivity contribution >= 4 is 5.91 Å². The Morgan fingerprint density at radius 1 is 1.80 bits per heavy atom. The largest absolute Gasteiger partial charge is 0.345 e. The Kier molecular flexibility index (Phi) is 2.73. The second kappa shape index (κ2) is 4.02. The van der Waals surface area contributed by atoms with Gasteiger partial charge in [-0.2, -0.15) is 0 Å². The van der Waals surface area contributed by atoms with Crippen molar-refractivity contribution in [3.63, 3.8) is 0 Å². The monoisotopic (exact) mass is 208 g/mol. The molecule has 1 unspecified atom stereocenters. The van der Waals surface area contributed by atoms with Crippen molar-refractivity contribution < 1.29 is 4.79 Å². The maximum Gasteiger partial charge on any atom is 0.287 e. The lowest BCUT2D eigenvalue weighted by Crippen LogP contribution is -2.42. The maximum absolute atomic E-state index is 11.8. The number of amides is 1. The first-order valence-electron chi connectivity index (χ1n) is 5.20. The first-order valence-corrected chi connectivity index (χ1v) is 5.20. The van der Waals surface area contributed by atoms with Crippen LogP contribution in [-0.2, 0) is 7.05 Å². The lowest BCUT2D eigenvalue weighted by Gasteiger charge is -2.15.